The number of benzene rings is 2. The molecule has 1 aliphatic carbocycles. The zero-order valence-corrected chi connectivity index (χ0v) is 11.5. The van der Waals surface area contributed by atoms with Crippen LogP contribution < -0.4 is 4.74 Å². The SMILES string of the molecule is COc1cc(/C=C2\Cc3ccc(O)cc3C2=O)ccc1O. The summed E-state index contributed by atoms with van der Waals surface area (Å²) in [6.45, 7) is 0. The Hall–Kier alpha value is -2.75. The Kier molecular flexibility index (Phi) is 3.14. The minimum Gasteiger partial charge on any atom is -0.508 e. The molecular formula is C17H14O4. The molecule has 0 fully saturated rings. The zero-order valence-electron chi connectivity index (χ0n) is 11.5. The third-order valence-electron chi connectivity index (χ3n) is 3.56. The number of fused-ring (bicyclic) bond motifs is 1. The van der Waals surface area contributed by atoms with E-state index in [2.05, 4.69) is 0 Å². The van der Waals surface area contributed by atoms with Gasteiger partial charge in [0.05, 0.1) is 7.11 Å². The lowest BCUT2D eigenvalue weighted by Crippen LogP contribution is -1.95. The van der Waals surface area contributed by atoms with Crippen molar-refractivity contribution in [1.29, 1.82) is 0 Å². The second-order valence-corrected chi connectivity index (χ2v) is 4.95. The van der Waals surface area contributed by atoms with E-state index in [1.165, 1.54) is 19.2 Å². The van der Waals surface area contributed by atoms with E-state index in [1.54, 1.807) is 30.3 Å². The molecule has 0 atom stereocenters. The number of carbonyl (C=O) groups excluding carboxylic acids is 1. The predicted molar refractivity (Wildman–Crippen MR) is 78.8 cm³/mol. The van der Waals surface area contributed by atoms with E-state index in [0.717, 1.165) is 11.1 Å². The van der Waals surface area contributed by atoms with Crippen molar-refractivity contribution in [2.24, 2.45) is 0 Å². The van der Waals surface area contributed by atoms with Gasteiger partial charge in [0.25, 0.3) is 0 Å². The number of phenolic OH excluding ortho intramolecular Hbond substituents is 2. The van der Waals surface area contributed by atoms with Crippen molar-refractivity contribution in [3.63, 3.8) is 0 Å². The number of phenols is 2. The minimum absolute atomic E-state index is 0.0607. The number of ether oxygens (including phenoxy) is 1. The van der Waals surface area contributed by atoms with Crippen LogP contribution in [0.25, 0.3) is 6.08 Å². The Balaban J connectivity index is 1.97. The van der Waals surface area contributed by atoms with Gasteiger partial charge in [0.15, 0.2) is 17.3 Å². The molecule has 2 aromatic rings. The smallest absolute Gasteiger partial charge is 0.189 e. The van der Waals surface area contributed by atoms with E-state index < -0.39 is 0 Å². The number of aromatic hydroxyl groups is 2. The summed E-state index contributed by atoms with van der Waals surface area (Å²) in [7, 11) is 1.48. The first-order valence-electron chi connectivity index (χ1n) is 6.52. The van der Waals surface area contributed by atoms with Crippen LogP contribution in [0.5, 0.6) is 17.2 Å². The van der Waals surface area contributed by atoms with Gasteiger partial charge < -0.3 is 14.9 Å². The molecule has 0 spiro atoms. The fourth-order valence-electron chi connectivity index (χ4n) is 2.49. The van der Waals surface area contributed by atoms with Crippen LogP contribution in [0.1, 0.15) is 21.5 Å². The summed E-state index contributed by atoms with van der Waals surface area (Å²) >= 11 is 0. The average molecular weight is 282 g/mol. The Morgan fingerprint density at radius 2 is 1.95 bits per heavy atom. The zero-order chi connectivity index (χ0) is 15.0. The van der Waals surface area contributed by atoms with Gasteiger partial charge in [-0.2, -0.15) is 0 Å². The first kappa shape index (κ1) is 13.2. The molecule has 0 saturated carbocycles. The molecule has 0 saturated heterocycles. The minimum atomic E-state index is -0.0760. The van der Waals surface area contributed by atoms with Gasteiger partial charge in [0, 0.05) is 17.6 Å². The molecule has 0 unspecified atom stereocenters. The molecule has 0 amide bonds. The van der Waals surface area contributed by atoms with Gasteiger partial charge in [-0.15, -0.1) is 0 Å². The maximum absolute atomic E-state index is 12.3. The molecule has 21 heavy (non-hydrogen) atoms. The fourth-order valence-corrected chi connectivity index (χ4v) is 2.49. The quantitative estimate of drug-likeness (QED) is 0.831. The van der Waals surface area contributed by atoms with Crippen molar-refractivity contribution in [2.75, 3.05) is 7.11 Å². The number of rotatable bonds is 2. The monoisotopic (exact) mass is 282 g/mol. The first-order chi connectivity index (χ1) is 10.1. The molecule has 2 N–H and O–H groups in total. The third-order valence-corrected chi connectivity index (χ3v) is 3.56. The second kappa shape index (κ2) is 4.98. The van der Waals surface area contributed by atoms with Crippen LogP contribution in [-0.4, -0.2) is 23.1 Å². The number of methoxy groups -OCH3 is 1. The molecule has 106 valence electrons. The number of Topliss-reactive ketones (excluding diaryl/α,β-unsaturated/α-hetero) is 1. The Morgan fingerprint density at radius 1 is 1.14 bits per heavy atom. The fraction of sp³-hybridized carbons (Fsp3) is 0.118. The standard InChI is InChI=1S/C17H14O4/c1-21-16-7-10(2-5-15(16)19)6-12-8-11-3-4-13(18)9-14(11)17(12)20/h2-7,9,18-19H,8H2,1H3/b12-6+. The highest BCUT2D eigenvalue weighted by Crippen LogP contribution is 2.32. The molecule has 0 radical (unpaired) electrons. The van der Waals surface area contributed by atoms with E-state index in [9.17, 15) is 15.0 Å². The van der Waals surface area contributed by atoms with Crippen LogP contribution >= 0.6 is 0 Å². The van der Waals surface area contributed by atoms with E-state index in [1.807, 2.05) is 0 Å². The highest BCUT2D eigenvalue weighted by atomic mass is 16.5. The molecule has 1 aliphatic rings. The van der Waals surface area contributed by atoms with Gasteiger partial charge in [-0.05, 0) is 41.5 Å². The van der Waals surface area contributed by atoms with Gasteiger partial charge in [-0.25, -0.2) is 0 Å². The lowest BCUT2D eigenvalue weighted by atomic mass is 10.1. The molecule has 3 rings (SSSR count). The van der Waals surface area contributed by atoms with Crippen LogP contribution in [0.3, 0.4) is 0 Å². The van der Waals surface area contributed by atoms with Gasteiger partial charge in [0.1, 0.15) is 5.75 Å². The van der Waals surface area contributed by atoms with Crippen molar-refractivity contribution in [3.05, 3.63) is 58.7 Å². The van der Waals surface area contributed by atoms with E-state index in [4.69, 9.17) is 4.74 Å². The molecule has 0 heterocycles. The first-order valence-corrected chi connectivity index (χ1v) is 6.52. The molecule has 0 bridgehead atoms. The highest BCUT2D eigenvalue weighted by molar-refractivity contribution is 6.15. The third kappa shape index (κ3) is 2.36. The summed E-state index contributed by atoms with van der Waals surface area (Å²) in [6, 6.07) is 9.77. The van der Waals surface area contributed by atoms with E-state index in [-0.39, 0.29) is 17.3 Å². The number of allylic oxidation sites excluding steroid dienone is 1. The van der Waals surface area contributed by atoms with Crippen molar-refractivity contribution in [3.8, 4) is 17.2 Å². The normalized spacial score (nSPS) is 15.3. The van der Waals surface area contributed by atoms with Crippen molar-refractivity contribution >= 4 is 11.9 Å². The lowest BCUT2D eigenvalue weighted by Gasteiger charge is -2.04. The maximum Gasteiger partial charge on any atom is 0.189 e. The van der Waals surface area contributed by atoms with Crippen LogP contribution in [0.4, 0.5) is 0 Å². The molecule has 4 heteroatoms. The highest BCUT2D eigenvalue weighted by Gasteiger charge is 2.25. The summed E-state index contributed by atoms with van der Waals surface area (Å²) in [5.74, 6) is 0.443. The van der Waals surface area contributed by atoms with Crippen LogP contribution in [-0.2, 0) is 6.42 Å². The van der Waals surface area contributed by atoms with E-state index >= 15 is 0 Å². The lowest BCUT2D eigenvalue weighted by molar-refractivity contribution is 0.104. The predicted octanol–water partition coefficient (Wildman–Crippen LogP) is 2.93. The summed E-state index contributed by atoms with van der Waals surface area (Å²) in [5.41, 5.74) is 2.90. The topological polar surface area (TPSA) is 66.8 Å². The van der Waals surface area contributed by atoms with Crippen LogP contribution in [0, 0.1) is 0 Å². The molecule has 4 nitrogen and oxygen atoms in total. The Labute approximate surface area is 121 Å². The van der Waals surface area contributed by atoms with Crippen molar-refractivity contribution in [2.45, 2.75) is 6.42 Å². The van der Waals surface area contributed by atoms with Crippen LogP contribution in [0.2, 0.25) is 0 Å². The second-order valence-electron chi connectivity index (χ2n) is 4.95. The number of carbonyl (C=O) groups is 1. The number of ketones is 1. The van der Waals surface area contributed by atoms with Gasteiger partial charge >= 0.3 is 0 Å². The molecule has 2 aromatic carbocycles. The molecule has 0 aromatic heterocycles. The molecule has 0 aliphatic heterocycles. The average Bonchev–Trinajstić information content (AvgIpc) is 2.77. The summed E-state index contributed by atoms with van der Waals surface area (Å²) in [6.07, 6.45) is 2.32. The largest absolute Gasteiger partial charge is 0.508 e. The number of hydrogen-bond acceptors (Lipinski definition) is 4. The van der Waals surface area contributed by atoms with Crippen LogP contribution in [0.15, 0.2) is 42.0 Å². The summed E-state index contributed by atoms with van der Waals surface area (Å²) in [5, 5.41) is 19.1. The van der Waals surface area contributed by atoms with E-state index in [0.29, 0.717) is 23.3 Å². The van der Waals surface area contributed by atoms with Crippen molar-refractivity contribution in [1.82, 2.24) is 0 Å². The van der Waals surface area contributed by atoms with Gasteiger partial charge in [-0.3, -0.25) is 4.79 Å². The molecular weight excluding hydrogens is 268 g/mol. The number of hydrogen-bond donors (Lipinski definition) is 2. The Morgan fingerprint density at radius 3 is 2.71 bits per heavy atom. The summed E-state index contributed by atoms with van der Waals surface area (Å²) in [4.78, 5) is 12.3. The maximum atomic E-state index is 12.3. The summed E-state index contributed by atoms with van der Waals surface area (Å²) < 4.78 is 5.06. The Bertz CT molecular complexity index is 759. The van der Waals surface area contributed by atoms with Gasteiger partial charge in [-0.1, -0.05) is 12.1 Å². The van der Waals surface area contributed by atoms with Crippen molar-refractivity contribution < 1.29 is 19.7 Å². The van der Waals surface area contributed by atoms with Gasteiger partial charge in [0.2, 0.25) is 0 Å².